The Morgan fingerprint density at radius 3 is 2.66 bits per heavy atom. The Kier molecular flexibility index (Phi) is 6.40. The van der Waals surface area contributed by atoms with Crippen LogP contribution in [0.5, 0.6) is 0 Å². The van der Waals surface area contributed by atoms with Crippen molar-refractivity contribution in [1.29, 1.82) is 5.41 Å². The number of H-pyrrole nitrogens is 1. The van der Waals surface area contributed by atoms with Crippen molar-refractivity contribution in [2.45, 2.75) is 31.4 Å². The minimum atomic E-state index is -1.14. The van der Waals surface area contributed by atoms with E-state index in [1.807, 2.05) is 6.07 Å². The van der Waals surface area contributed by atoms with Gasteiger partial charge in [-0.2, -0.15) is 5.10 Å². The fourth-order valence-corrected chi connectivity index (χ4v) is 4.89. The third-order valence-corrected chi connectivity index (χ3v) is 6.89. The highest BCUT2D eigenvalue weighted by Crippen LogP contribution is 2.40. The molecule has 3 aromatic rings. The first kappa shape index (κ1) is 23.3. The number of nitrogens with one attached hydrogen (secondary N) is 3. The minimum absolute atomic E-state index is 0.130. The van der Waals surface area contributed by atoms with Crippen molar-refractivity contribution in [3.8, 4) is 0 Å². The number of anilines is 4. The zero-order chi connectivity index (χ0) is 24.4. The summed E-state index contributed by atoms with van der Waals surface area (Å²) >= 11 is 0. The summed E-state index contributed by atoms with van der Waals surface area (Å²) in [6.07, 6.45) is 3.82. The Morgan fingerprint density at radius 2 is 2.00 bits per heavy atom. The predicted molar refractivity (Wildman–Crippen MR) is 133 cm³/mol. The zero-order valence-corrected chi connectivity index (χ0v) is 19.7. The summed E-state index contributed by atoms with van der Waals surface area (Å²) in [4.78, 5) is 9.18. The number of pyridine rings is 1. The topological polar surface area (TPSA) is 113 Å². The Labute approximate surface area is 203 Å². The van der Waals surface area contributed by atoms with Gasteiger partial charge in [-0.25, -0.2) is 9.37 Å². The van der Waals surface area contributed by atoms with E-state index in [1.54, 1.807) is 24.4 Å². The highest BCUT2D eigenvalue weighted by molar-refractivity contribution is 5.89. The predicted octanol–water partition coefficient (Wildman–Crippen LogP) is 3.40. The molecule has 2 fully saturated rings. The van der Waals surface area contributed by atoms with Crippen molar-refractivity contribution in [1.82, 2.24) is 15.2 Å². The average molecular weight is 480 g/mol. The number of hydrogen-bond donors (Lipinski definition) is 4. The largest absolute Gasteiger partial charge is 0.385 e. The lowest BCUT2D eigenvalue weighted by molar-refractivity contribution is 0.0116. The maximum Gasteiger partial charge on any atom is 0.143 e. The normalized spacial score (nSPS) is 20.0. The van der Waals surface area contributed by atoms with Crippen molar-refractivity contribution in [3.63, 3.8) is 0 Å². The van der Waals surface area contributed by atoms with E-state index in [4.69, 9.17) is 15.1 Å². The summed E-state index contributed by atoms with van der Waals surface area (Å²) < 4.78 is 19.0. The van der Waals surface area contributed by atoms with Gasteiger partial charge in [-0.05, 0) is 55.7 Å². The van der Waals surface area contributed by atoms with E-state index in [9.17, 15) is 9.50 Å². The van der Waals surface area contributed by atoms with Crippen LogP contribution >= 0.6 is 0 Å². The zero-order valence-electron chi connectivity index (χ0n) is 19.7. The van der Waals surface area contributed by atoms with Gasteiger partial charge in [0, 0.05) is 43.2 Å². The van der Waals surface area contributed by atoms with E-state index in [0.29, 0.717) is 68.5 Å². The highest BCUT2D eigenvalue weighted by atomic mass is 19.1. The smallest absolute Gasteiger partial charge is 0.143 e. The molecule has 1 atom stereocenters. The summed E-state index contributed by atoms with van der Waals surface area (Å²) in [5.41, 5.74) is 1.01. The maximum absolute atomic E-state index is 13.4. The Morgan fingerprint density at radius 1 is 1.23 bits per heavy atom. The summed E-state index contributed by atoms with van der Waals surface area (Å²) in [5.74, 6) is 1.61. The third-order valence-electron chi connectivity index (χ3n) is 6.89. The maximum atomic E-state index is 13.4. The Hall–Kier alpha value is -3.50. The van der Waals surface area contributed by atoms with Gasteiger partial charge in [0.1, 0.15) is 23.3 Å². The van der Waals surface area contributed by atoms with Crippen molar-refractivity contribution in [2.75, 3.05) is 48.0 Å². The molecule has 4 N–H and O–H groups in total. The van der Waals surface area contributed by atoms with Gasteiger partial charge in [0.15, 0.2) is 0 Å². The second-order valence-electron chi connectivity index (χ2n) is 9.14. The number of piperidine rings is 1. The Bertz CT molecular complexity index is 1160. The monoisotopic (exact) mass is 479 g/mol. The van der Waals surface area contributed by atoms with E-state index in [2.05, 4.69) is 32.2 Å². The molecule has 1 aromatic carbocycles. The van der Waals surface area contributed by atoms with Gasteiger partial charge < -0.3 is 30.4 Å². The number of halogens is 1. The van der Waals surface area contributed by atoms with Crippen molar-refractivity contribution in [3.05, 3.63) is 59.5 Å². The van der Waals surface area contributed by atoms with Crippen LogP contribution in [0.25, 0.3) is 0 Å². The summed E-state index contributed by atoms with van der Waals surface area (Å²) in [5, 5.41) is 30.2. The molecule has 35 heavy (non-hydrogen) atoms. The number of aromatic amines is 1. The summed E-state index contributed by atoms with van der Waals surface area (Å²) in [7, 11) is 0. The number of aromatic nitrogens is 3. The van der Waals surface area contributed by atoms with Crippen LogP contribution in [0.2, 0.25) is 0 Å². The number of morpholine rings is 1. The molecule has 0 bridgehead atoms. The number of hydrogen-bond acceptors (Lipinski definition) is 8. The molecule has 5 rings (SSSR count). The highest BCUT2D eigenvalue weighted by Gasteiger charge is 2.38. The van der Waals surface area contributed by atoms with Crippen LogP contribution in [0.15, 0.2) is 42.6 Å². The number of nitrogens with zero attached hydrogens (tertiary/aromatic N) is 4. The van der Waals surface area contributed by atoms with E-state index in [0.717, 1.165) is 11.5 Å². The Balaban J connectivity index is 1.50. The number of benzene rings is 1. The molecule has 0 radical (unpaired) electrons. The first-order chi connectivity index (χ1) is 17.0. The summed E-state index contributed by atoms with van der Waals surface area (Å²) in [6.45, 7) is 5.20. The molecule has 2 aliphatic rings. The lowest BCUT2D eigenvalue weighted by Crippen LogP contribution is -2.45. The molecule has 184 valence electrons. The van der Waals surface area contributed by atoms with Gasteiger partial charge in [0.2, 0.25) is 0 Å². The standard InChI is InChI=1S/C25H30FN7O2/c1-17-16-35-13-12-33(17)23-14-21(20(15-27)24(30-23)29-22-6-9-28-31-22)25(34)7-10-32(11-8-25)19-4-2-18(26)3-5-19/h2-6,9,14-15,17,27,34H,7-8,10-13,16H2,1H3,(H2,28,29,30,31). The number of aliphatic hydroxyl groups is 1. The first-order valence-corrected chi connectivity index (χ1v) is 11.9. The molecular formula is C25H30FN7O2. The molecule has 4 heterocycles. The minimum Gasteiger partial charge on any atom is -0.385 e. The van der Waals surface area contributed by atoms with Crippen LogP contribution in [0.4, 0.5) is 27.5 Å². The third kappa shape index (κ3) is 4.71. The number of rotatable bonds is 6. The molecular weight excluding hydrogens is 449 g/mol. The van der Waals surface area contributed by atoms with E-state index < -0.39 is 5.60 Å². The van der Waals surface area contributed by atoms with Crippen LogP contribution < -0.4 is 15.1 Å². The van der Waals surface area contributed by atoms with Gasteiger partial charge in [-0.15, -0.1) is 0 Å². The van der Waals surface area contributed by atoms with Crippen LogP contribution in [0.3, 0.4) is 0 Å². The quantitative estimate of drug-likeness (QED) is 0.401. The SMILES string of the molecule is CC1COCCN1c1cc(C2(O)CCN(c3ccc(F)cc3)CC2)c(C=N)c(Nc2ccn[nH]2)n1. The van der Waals surface area contributed by atoms with Gasteiger partial charge in [0.25, 0.3) is 0 Å². The van der Waals surface area contributed by atoms with Crippen LogP contribution in [0, 0.1) is 11.2 Å². The lowest BCUT2D eigenvalue weighted by atomic mass is 9.82. The molecule has 10 heteroatoms. The first-order valence-electron chi connectivity index (χ1n) is 11.9. The van der Waals surface area contributed by atoms with Gasteiger partial charge >= 0.3 is 0 Å². The van der Waals surface area contributed by atoms with Crippen LogP contribution in [-0.4, -0.2) is 65.4 Å². The molecule has 0 spiro atoms. The van der Waals surface area contributed by atoms with Gasteiger partial charge in [-0.3, -0.25) is 5.10 Å². The molecule has 2 saturated heterocycles. The molecule has 2 aliphatic heterocycles. The van der Waals surface area contributed by atoms with E-state index >= 15 is 0 Å². The number of ether oxygens (including phenoxy) is 1. The van der Waals surface area contributed by atoms with E-state index in [-0.39, 0.29) is 11.9 Å². The average Bonchev–Trinajstić information content (AvgIpc) is 3.38. The molecule has 1 unspecified atom stereocenters. The second kappa shape index (κ2) is 9.63. The fourth-order valence-electron chi connectivity index (χ4n) is 4.89. The molecule has 9 nitrogen and oxygen atoms in total. The lowest BCUT2D eigenvalue weighted by Gasteiger charge is -2.41. The van der Waals surface area contributed by atoms with E-state index in [1.165, 1.54) is 18.3 Å². The second-order valence-corrected chi connectivity index (χ2v) is 9.14. The van der Waals surface area contributed by atoms with Crippen LogP contribution in [-0.2, 0) is 10.3 Å². The van der Waals surface area contributed by atoms with Crippen molar-refractivity contribution < 1.29 is 14.2 Å². The fraction of sp³-hybridized carbons (Fsp3) is 0.400. The van der Waals surface area contributed by atoms with Crippen molar-refractivity contribution in [2.24, 2.45) is 0 Å². The van der Waals surface area contributed by atoms with Crippen molar-refractivity contribution >= 4 is 29.4 Å². The molecule has 0 saturated carbocycles. The van der Waals surface area contributed by atoms with Gasteiger partial charge in [-0.1, -0.05) is 0 Å². The van der Waals surface area contributed by atoms with Gasteiger partial charge in [0.05, 0.1) is 31.1 Å². The van der Waals surface area contributed by atoms with Crippen LogP contribution in [0.1, 0.15) is 30.9 Å². The molecule has 0 amide bonds. The molecule has 0 aliphatic carbocycles. The molecule has 2 aromatic heterocycles. The summed E-state index contributed by atoms with van der Waals surface area (Å²) in [6, 6.07) is 10.3.